The van der Waals surface area contributed by atoms with Crippen molar-refractivity contribution in [1.82, 2.24) is 25.6 Å². The molecule has 1 saturated heterocycles. The smallest absolute Gasteiger partial charge is 0.273 e. The van der Waals surface area contributed by atoms with Gasteiger partial charge in [0.15, 0.2) is 11.5 Å². The third kappa shape index (κ3) is 3.18. The van der Waals surface area contributed by atoms with Crippen molar-refractivity contribution in [2.24, 2.45) is 0 Å². The van der Waals surface area contributed by atoms with Crippen LogP contribution in [0, 0.1) is 6.92 Å². The van der Waals surface area contributed by atoms with Crippen molar-refractivity contribution in [3.8, 4) is 0 Å². The number of aryl methyl sites for hydroxylation is 1. The van der Waals surface area contributed by atoms with Crippen molar-refractivity contribution < 1.29 is 14.1 Å². The van der Waals surface area contributed by atoms with Crippen LogP contribution in [-0.4, -0.2) is 53.2 Å². The molecule has 3 heterocycles. The van der Waals surface area contributed by atoms with Crippen LogP contribution in [0.2, 0.25) is 0 Å². The molecule has 0 aliphatic carbocycles. The summed E-state index contributed by atoms with van der Waals surface area (Å²) in [6, 6.07) is 1.57. The molecule has 0 radical (unpaired) electrons. The lowest BCUT2D eigenvalue weighted by Gasteiger charge is -2.17. The summed E-state index contributed by atoms with van der Waals surface area (Å²) in [6.45, 7) is 3.82. The van der Waals surface area contributed by atoms with Gasteiger partial charge in [-0.1, -0.05) is 5.16 Å². The van der Waals surface area contributed by atoms with Crippen LogP contribution < -0.4 is 10.6 Å². The maximum absolute atomic E-state index is 12.2. The molecule has 0 aromatic carbocycles. The minimum atomic E-state index is -0.262. The number of hydrogen-bond acceptors (Lipinski definition) is 6. The summed E-state index contributed by atoms with van der Waals surface area (Å²) < 4.78 is 12.2. The summed E-state index contributed by atoms with van der Waals surface area (Å²) in [4.78, 5) is 12.2. The summed E-state index contributed by atoms with van der Waals surface area (Å²) in [5.41, 5.74) is 1.33. The zero-order chi connectivity index (χ0) is 15.5. The van der Waals surface area contributed by atoms with Gasteiger partial charge in [0.1, 0.15) is 6.54 Å². The Balaban J connectivity index is 1.61. The SMILES string of the molecule is CO[C@H]1CNC[C@H]1NC(=O)c1cc(Cn2cc(C)cn2)on1. The minimum Gasteiger partial charge on any atom is -0.378 e. The molecule has 0 bridgehead atoms. The number of nitrogens with one attached hydrogen (secondary N) is 2. The van der Waals surface area contributed by atoms with Gasteiger partial charge in [-0.15, -0.1) is 0 Å². The van der Waals surface area contributed by atoms with E-state index in [1.807, 2.05) is 13.1 Å². The van der Waals surface area contributed by atoms with Crippen LogP contribution in [0.3, 0.4) is 0 Å². The molecule has 2 aromatic rings. The lowest BCUT2D eigenvalue weighted by Crippen LogP contribution is -2.43. The standard InChI is InChI=1S/C14H19N5O3/c1-9-4-16-19(7-9)8-10-3-11(18-22-10)14(20)17-12-5-15-6-13(12)21-2/h3-4,7,12-13,15H,5-6,8H2,1-2H3,(H,17,20)/t12-,13+/m1/s1. The van der Waals surface area contributed by atoms with Gasteiger partial charge in [-0.2, -0.15) is 5.10 Å². The maximum atomic E-state index is 12.2. The Morgan fingerprint density at radius 2 is 2.45 bits per heavy atom. The number of amides is 1. The van der Waals surface area contributed by atoms with Crippen molar-refractivity contribution in [1.29, 1.82) is 0 Å². The van der Waals surface area contributed by atoms with Crippen molar-refractivity contribution in [3.05, 3.63) is 35.5 Å². The molecule has 1 fully saturated rings. The number of methoxy groups -OCH3 is 1. The third-order valence-electron chi connectivity index (χ3n) is 3.65. The second kappa shape index (κ2) is 6.29. The second-order valence-corrected chi connectivity index (χ2v) is 5.41. The number of rotatable bonds is 5. The summed E-state index contributed by atoms with van der Waals surface area (Å²) in [7, 11) is 1.64. The largest absolute Gasteiger partial charge is 0.378 e. The van der Waals surface area contributed by atoms with Crippen LogP contribution in [0.4, 0.5) is 0 Å². The first-order chi connectivity index (χ1) is 10.7. The van der Waals surface area contributed by atoms with E-state index in [1.54, 1.807) is 24.1 Å². The molecule has 118 valence electrons. The van der Waals surface area contributed by atoms with Crippen molar-refractivity contribution >= 4 is 5.91 Å². The quantitative estimate of drug-likeness (QED) is 0.804. The van der Waals surface area contributed by atoms with Gasteiger partial charge in [0.05, 0.1) is 18.3 Å². The molecule has 2 aromatic heterocycles. The van der Waals surface area contributed by atoms with Crippen LogP contribution in [0.1, 0.15) is 21.8 Å². The van der Waals surface area contributed by atoms with E-state index in [0.29, 0.717) is 18.8 Å². The molecule has 8 nitrogen and oxygen atoms in total. The lowest BCUT2D eigenvalue weighted by atomic mass is 10.2. The Hall–Kier alpha value is -2.19. The Morgan fingerprint density at radius 1 is 1.59 bits per heavy atom. The fourth-order valence-corrected chi connectivity index (χ4v) is 2.50. The molecule has 8 heteroatoms. The molecule has 1 amide bonds. The molecule has 0 spiro atoms. The molecule has 0 saturated carbocycles. The first-order valence-corrected chi connectivity index (χ1v) is 7.14. The highest BCUT2D eigenvalue weighted by molar-refractivity contribution is 5.92. The first-order valence-electron chi connectivity index (χ1n) is 7.14. The summed E-state index contributed by atoms with van der Waals surface area (Å²) in [5.74, 6) is 0.323. The average Bonchev–Trinajstić information content (AvgIpc) is 3.21. The highest BCUT2D eigenvalue weighted by Gasteiger charge is 2.29. The zero-order valence-electron chi connectivity index (χ0n) is 12.6. The van der Waals surface area contributed by atoms with Gasteiger partial charge in [-0.3, -0.25) is 9.48 Å². The number of hydrogen-bond donors (Lipinski definition) is 2. The molecule has 2 atom stereocenters. The van der Waals surface area contributed by atoms with Gasteiger partial charge in [0.2, 0.25) is 0 Å². The molecule has 3 rings (SSSR count). The maximum Gasteiger partial charge on any atom is 0.273 e. The van der Waals surface area contributed by atoms with Crippen LogP contribution in [0.15, 0.2) is 23.0 Å². The molecule has 1 aliphatic heterocycles. The highest BCUT2D eigenvalue weighted by Crippen LogP contribution is 2.09. The average molecular weight is 305 g/mol. The normalized spacial score (nSPS) is 21.2. The van der Waals surface area contributed by atoms with E-state index < -0.39 is 0 Å². The van der Waals surface area contributed by atoms with E-state index in [1.165, 1.54) is 0 Å². The topological polar surface area (TPSA) is 94.2 Å². The van der Waals surface area contributed by atoms with Crippen LogP contribution in [-0.2, 0) is 11.3 Å². The summed E-state index contributed by atoms with van der Waals surface area (Å²) >= 11 is 0. The molecular weight excluding hydrogens is 286 g/mol. The van der Waals surface area contributed by atoms with Crippen molar-refractivity contribution in [2.45, 2.75) is 25.6 Å². The Labute approximate surface area is 127 Å². The van der Waals surface area contributed by atoms with Gasteiger partial charge >= 0.3 is 0 Å². The minimum absolute atomic E-state index is 0.0256. The van der Waals surface area contributed by atoms with E-state index in [-0.39, 0.29) is 23.7 Å². The predicted molar refractivity (Wildman–Crippen MR) is 77.5 cm³/mol. The van der Waals surface area contributed by atoms with E-state index >= 15 is 0 Å². The monoisotopic (exact) mass is 305 g/mol. The number of aromatic nitrogens is 3. The zero-order valence-corrected chi connectivity index (χ0v) is 12.6. The van der Waals surface area contributed by atoms with Crippen LogP contribution in [0.5, 0.6) is 0 Å². The number of nitrogens with zero attached hydrogens (tertiary/aromatic N) is 3. The summed E-state index contributed by atoms with van der Waals surface area (Å²) in [6.07, 6.45) is 3.64. The Bertz CT molecular complexity index is 650. The van der Waals surface area contributed by atoms with E-state index in [0.717, 1.165) is 12.1 Å². The fourth-order valence-electron chi connectivity index (χ4n) is 2.50. The molecular formula is C14H19N5O3. The fraction of sp³-hybridized carbons (Fsp3) is 0.500. The van der Waals surface area contributed by atoms with Gasteiger partial charge in [-0.25, -0.2) is 0 Å². The van der Waals surface area contributed by atoms with Gasteiger partial charge in [0, 0.05) is 32.5 Å². The number of carbonyl (C=O) groups excluding carboxylic acids is 1. The number of carbonyl (C=O) groups is 1. The molecule has 1 aliphatic rings. The van der Waals surface area contributed by atoms with Crippen LogP contribution >= 0.6 is 0 Å². The second-order valence-electron chi connectivity index (χ2n) is 5.41. The number of ether oxygens (including phenoxy) is 1. The van der Waals surface area contributed by atoms with Gasteiger partial charge < -0.3 is 19.9 Å². The first kappa shape index (κ1) is 14.7. The van der Waals surface area contributed by atoms with E-state index in [9.17, 15) is 4.79 Å². The van der Waals surface area contributed by atoms with E-state index in [4.69, 9.17) is 9.26 Å². The van der Waals surface area contributed by atoms with Crippen molar-refractivity contribution in [3.63, 3.8) is 0 Å². The van der Waals surface area contributed by atoms with E-state index in [2.05, 4.69) is 20.9 Å². The van der Waals surface area contributed by atoms with Gasteiger partial charge in [0.25, 0.3) is 5.91 Å². The highest BCUT2D eigenvalue weighted by atomic mass is 16.5. The third-order valence-corrected chi connectivity index (χ3v) is 3.65. The molecule has 2 N–H and O–H groups in total. The van der Waals surface area contributed by atoms with Gasteiger partial charge in [-0.05, 0) is 12.5 Å². The predicted octanol–water partition coefficient (Wildman–Crippen LogP) is -0.0556. The molecule has 0 unspecified atom stereocenters. The van der Waals surface area contributed by atoms with Crippen molar-refractivity contribution in [2.75, 3.05) is 20.2 Å². The Kier molecular flexibility index (Phi) is 4.21. The molecule has 22 heavy (non-hydrogen) atoms. The summed E-state index contributed by atoms with van der Waals surface area (Å²) in [5, 5.41) is 14.1. The van der Waals surface area contributed by atoms with Crippen LogP contribution in [0.25, 0.3) is 0 Å². The lowest BCUT2D eigenvalue weighted by molar-refractivity contribution is 0.0773. The Morgan fingerprint density at radius 3 is 3.18 bits per heavy atom.